The Morgan fingerprint density at radius 1 is 1.23 bits per heavy atom. The van der Waals surface area contributed by atoms with Crippen molar-refractivity contribution in [3.63, 3.8) is 0 Å². The molecule has 7 nitrogen and oxygen atoms in total. The highest BCUT2D eigenvalue weighted by molar-refractivity contribution is 7.02. The maximum Gasteiger partial charge on any atom is 0.388 e. The molecular formula is C18H17N5O2P+. The highest BCUT2D eigenvalue weighted by Gasteiger charge is 2.20. The average Bonchev–Trinajstić information content (AvgIpc) is 2.93. The number of carboxylic acids is 1. The third-order valence-electron chi connectivity index (χ3n) is 3.79. The number of hydrogen-bond acceptors (Lipinski definition) is 4. The SMILES string of the molecule is Cc1nn(-c2ccccc2)c(Nc2ccccc2CC(=O)O)c1N=[N+]=P. The molecule has 1 aromatic heterocycles. The summed E-state index contributed by atoms with van der Waals surface area (Å²) in [6, 6.07) is 16.9. The molecule has 2 aromatic carbocycles. The number of nitrogens with one attached hydrogen (secondary N) is 1. The van der Waals surface area contributed by atoms with Gasteiger partial charge in [0.05, 0.1) is 22.3 Å². The van der Waals surface area contributed by atoms with Gasteiger partial charge in [-0.05, 0) is 30.7 Å². The van der Waals surface area contributed by atoms with E-state index in [0.717, 1.165) is 5.69 Å². The molecule has 0 saturated heterocycles. The van der Waals surface area contributed by atoms with E-state index in [2.05, 4.69) is 29.1 Å². The van der Waals surface area contributed by atoms with Crippen LogP contribution < -0.4 is 9.86 Å². The summed E-state index contributed by atoms with van der Waals surface area (Å²) >= 11 is 0. The van der Waals surface area contributed by atoms with Gasteiger partial charge < -0.3 is 10.4 Å². The lowest BCUT2D eigenvalue weighted by atomic mass is 10.1. The zero-order chi connectivity index (χ0) is 18.5. The number of carbonyl (C=O) groups is 1. The molecule has 0 aliphatic rings. The van der Waals surface area contributed by atoms with E-state index in [-0.39, 0.29) is 6.42 Å². The molecule has 0 unspecified atom stereocenters. The van der Waals surface area contributed by atoms with Gasteiger partial charge in [-0.1, -0.05) is 36.4 Å². The summed E-state index contributed by atoms with van der Waals surface area (Å²) in [7, 11) is 3.02. The van der Waals surface area contributed by atoms with Crippen LogP contribution in [-0.4, -0.2) is 20.9 Å². The van der Waals surface area contributed by atoms with Crippen molar-refractivity contribution in [2.24, 2.45) is 5.11 Å². The lowest BCUT2D eigenvalue weighted by Crippen LogP contribution is -2.06. The quantitative estimate of drug-likeness (QED) is 0.391. The average molecular weight is 366 g/mol. The summed E-state index contributed by atoms with van der Waals surface area (Å²) in [5.74, 6) is -0.291. The second-order valence-corrected chi connectivity index (χ2v) is 5.78. The number of hydrogen-bond donors (Lipinski definition) is 2. The molecule has 8 heteroatoms. The normalized spacial score (nSPS) is 10.2. The van der Waals surface area contributed by atoms with Crippen molar-refractivity contribution >= 4 is 32.2 Å². The van der Waals surface area contributed by atoms with Crippen molar-refractivity contribution in [3.05, 3.63) is 65.9 Å². The van der Waals surface area contributed by atoms with Gasteiger partial charge in [-0.3, -0.25) is 4.79 Å². The largest absolute Gasteiger partial charge is 0.481 e. The Morgan fingerprint density at radius 3 is 2.62 bits per heavy atom. The van der Waals surface area contributed by atoms with Gasteiger partial charge in [0, 0.05) is 5.69 Å². The van der Waals surface area contributed by atoms with E-state index in [1.54, 1.807) is 10.7 Å². The molecule has 3 rings (SSSR count). The molecular weight excluding hydrogens is 349 g/mol. The van der Waals surface area contributed by atoms with Crippen LogP contribution in [0.3, 0.4) is 0 Å². The number of benzene rings is 2. The summed E-state index contributed by atoms with van der Waals surface area (Å²) in [6.07, 6.45) is -0.0867. The minimum absolute atomic E-state index is 0.0867. The lowest BCUT2D eigenvalue weighted by Gasteiger charge is -2.12. The first-order valence-electron chi connectivity index (χ1n) is 7.89. The minimum atomic E-state index is -0.896. The maximum absolute atomic E-state index is 11.2. The number of aryl methyl sites for hydroxylation is 1. The molecule has 0 aliphatic heterocycles. The van der Waals surface area contributed by atoms with Crippen LogP contribution in [0.25, 0.3) is 5.69 Å². The van der Waals surface area contributed by atoms with E-state index >= 15 is 0 Å². The van der Waals surface area contributed by atoms with E-state index in [4.69, 9.17) is 5.11 Å². The molecule has 0 spiro atoms. The van der Waals surface area contributed by atoms with Gasteiger partial charge >= 0.3 is 15.0 Å². The molecule has 130 valence electrons. The van der Waals surface area contributed by atoms with Crippen molar-refractivity contribution < 1.29 is 9.90 Å². The fraction of sp³-hybridized carbons (Fsp3) is 0.111. The molecule has 0 saturated carbocycles. The zero-order valence-corrected chi connectivity index (χ0v) is 15.0. The number of para-hydroxylation sites is 2. The van der Waals surface area contributed by atoms with Crippen LogP contribution in [0.5, 0.6) is 0 Å². The van der Waals surface area contributed by atoms with E-state index < -0.39 is 5.97 Å². The minimum Gasteiger partial charge on any atom is -0.481 e. The van der Waals surface area contributed by atoms with Crippen LogP contribution >= 0.6 is 9.03 Å². The van der Waals surface area contributed by atoms with Crippen molar-refractivity contribution in [2.75, 3.05) is 5.32 Å². The molecule has 1 heterocycles. The first kappa shape index (κ1) is 17.5. The number of rotatable bonds is 6. The molecule has 26 heavy (non-hydrogen) atoms. The number of aliphatic carboxylic acids is 1. The number of nitrogens with zero attached hydrogens (tertiary/aromatic N) is 4. The van der Waals surface area contributed by atoms with Crippen molar-refractivity contribution in [1.29, 1.82) is 0 Å². The van der Waals surface area contributed by atoms with Crippen LogP contribution in [0.1, 0.15) is 11.3 Å². The van der Waals surface area contributed by atoms with Crippen molar-refractivity contribution in [1.82, 2.24) is 14.3 Å². The van der Waals surface area contributed by atoms with Crippen LogP contribution in [0.4, 0.5) is 17.2 Å². The Kier molecular flexibility index (Phi) is 5.23. The van der Waals surface area contributed by atoms with E-state index in [1.807, 2.05) is 55.5 Å². The Balaban J connectivity index is 2.13. The van der Waals surface area contributed by atoms with Crippen LogP contribution in [0.15, 0.2) is 59.7 Å². The van der Waals surface area contributed by atoms with E-state index in [0.29, 0.717) is 28.5 Å². The van der Waals surface area contributed by atoms with E-state index in [1.165, 1.54) is 0 Å². The summed E-state index contributed by atoms with van der Waals surface area (Å²) in [4.78, 5) is 11.2. The van der Waals surface area contributed by atoms with Crippen LogP contribution in [0, 0.1) is 6.92 Å². The number of anilines is 2. The molecule has 0 atom stereocenters. The fourth-order valence-electron chi connectivity index (χ4n) is 2.64. The molecule has 0 radical (unpaired) electrons. The maximum atomic E-state index is 11.2. The number of aromatic nitrogens is 2. The predicted molar refractivity (Wildman–Crippen MR) is 102 cm³/mol. The molecule has 0 amide bonds. The van der Waals surface area contributed by atoms with Crippen LogP contribution in [0.2, 0.25) is 0 Å². The Morgan fingerprint density at radius 2 is 1.92 bits per heavy atom. The van der Waals surface area contributed by atoms with Crippen LogP contribution in [-0.2, 0) is 11.2 Å². The lowest BCUT2D eigenvalue weighted by molar-refractivity contribution is -0.136. The summed E-state index contributed by atoms with van der Waals surface area (Å²) in [6.45, 7) is 1.84. The van der Waals surface area contributed by atoms with Gasteiger partial charge in [0.1, 0.15) is 5.11 Å². The second-order valence-electron chi connectivity index (χ2n) is 5.58. The first-order chi connectivity index (χ1) is 12.6. The molecule has 2 N–H and O–H groups in total. The third-order valence-corrected chi connectivity index (χ3v) is 3.89. The third kappa shape index (κ3) is 3.70. The smallest absolute Gasteiger partial charge is 0.388 e. The molecule has 0 aliphatic carbocycles. The predicted octanol–water partition coefficient (Wildman–Crippen LogP) is 4.03. The summed E-state index contributed by atoms with van der Waals surface area (Å²) in [5.41, 5.74) is 3.45. The first-order valence-corrected chi connectivity index (χ1v) is 8.34. The second kappa shape index (κ2) is 7.74. The van der Waals surface area contributed by atoms with Crippen molar-refractivity contribution in [3.8, 4) is 5.69 Å². The topological polar surface area (TPSA) is 93.6 Å². The van der Waals surface area contributed by atoms with Gasteiger partial charge in [0.2, 0.25) is 5.69 Å². The van der Waals surface area contributed by atoms with Gasteiger partial charge in [-0.2, -0.15) is 5.10 Å². The van der Waals surface area contributed by atoms with Gasteiger partial charge in [0.25, 0.3) is 0 Å². The van der Waals surface area contributed by atoms with E-state index in [9.17, 15) is 4.79 Å². The summed E-state index contributed by atoms with van der Waals surface area (Å²) < 4.78 is 5.42. The van der Waals surface area contributed by atoms with Gasteiger partial charge in [0.15, 0.2) is 5.82 Å². The van der Waals surface area contributed by atoms with Crippen molar-refractivity contribution in [2.45, 2.75) is 13.3 Å². The molecule has 3 aromatic rings. The standard InChI is InChI=1S/C18H16N5O2P/c1-12-17(20-22-26)18(23(21-12)14-8-3-2-4-9-14)19-15-10-6-5-7-13(15)11-16(24)25/h2-10,26H,11H2,1H3,(H,24,25)/p+1. The molecule has 0 bridgehead atoms. The van der Waals surface area contributed by atoms with Gasteiger partial charge in [-0.15, -0.1) is 0 Å². The highest BCUT2D eigenvalue weighted by atomic mass is 31.0. The fourth-order valence-corrected chi connectivity index (χ4v) is 2.74. The highest BCUT2D eigenvalue weighted by Crippen LogP contribution is 2.34. The Labute approximate surface area is 152 Å². The van der Waals surface area contributed by atoms with Gasteiger partial charge in [-0.25, -0.2) is 4.68 Å². The zero-order valence-electron chi connectivity index (χ0n) is 14.0. The summed E-state index contributed by atoms with van der Waals surface area (Å²) in [5, 5.41) is 21.1. The monoisotopic (exact) mass is 366 g/mol. The molecule has 0 fully saturated rings. The number of carboxylic acid groups (broad SMARTS) is 1. The Bertz CT molecular complexity index is 994. The Hall–Kier alpha value is -3.27.